The zero-order valence-electron chi connectivity index (χ0n) is 34.5. The molecule has 0 amide bonds. The van der Waals surface area contributed by atoms with Crippen LogP contribution in [0, 0.1) is 41.5 Å². The summed E-state index contributed by atoms with van der Waals surface area (Å²) in [5.41, 5.74) is 19.4. The molecule has 0 saturated heterocycles. The molecule has 60 heavy (non-hydrogen) atoms. The lowest BCUT2D eigenvalue weighted by atomic mass is 9.82. The second kappa shape index (κ2) is 14.7. The van der Waals surface area contributed by atoms with Crippen LogP contribution in [-0.4, -0.2) is 29.9 Å². The minimum atomic E-state index is 0.969. The fourth-order valence-electron chi connectivity index (χ4n) is 8.85. The van der Waals surface area contributed by atoms with Crippen molar-refractivity contribution < 1.29 is 0 Å². The lowest BCUT2D eigenvalue weighted by Gasteiger charge is -2.21. The van der Waals surface area contributed by atoms with Crippen LogP contribution < -0.4 is 0 Å². The average molecular weight is 775 g/mol. The number of hydrogen-bond donors (Lipinski definition) is 0. The van der Waals surface area contributed by atoms with E-state index in [1.54, 1.807) is 0 Å². The van der Waals surface area contributed by atoms with Crippen LogP contribution in [0.15, 0.2) is 146 Å². The summed E-state index contributed by atoms with van der Waals surface area (Å²) >= 11 is 0. The third kappa shape index (κ3) is 6.66. The van der Waals surface area contributed by atoms with Gasteiger partial charge >= 0.3 is 0 Å². The van der Waals surface area contributed by atoms with Crippen molar-refractivity contribution in [2.24, 2.45) is 0 Å². The molecule has 0 bridgehead atoms. The summed E-state index contributed by atoms with van der Waals surface area (Å²) in [7, 11) is 0. The van der Waals surface area contributed by atoms with Gasteiger partial charge in [-0.3, -0.25) is 29.9 Å². The van der Waals surface area contributed by atoms with Crippen molar-refractivity contribution in [3.8, 4) is 66.8 Å². The van der Waals surface area contributed by atoms with E-state index in [1.807, 2.05) is 37.2 Å². The van der Waals surface area contributed by atoms with Crippen LogP contribution in [0.3, 0.4) is 0 Å². The normalized spacial score (nSPS) is 11.5. The van der Waals surface area contributed by atoms with Gasteiger partial charge in [0.1, 0.15) is 0 Å². The maximum atomic E-state index is 4.59. The summed E-state index contributed by atoms with van der Waals surface area (Å²) in [4.78, 5) is 27.5. The first kappa shape index (κ1) is 36.9. The van der Waals surface area contributed by atoms with E-state index in [-0.39, 0.29) is 0 Å². The van der Waals surface area contributed by atoms with E-state index < -0.39 is 0 Å². The number of aromatic nitrogens is 6. The summed E-state index contributed by atoms with van der Waals surface area (Å²) in [5, 5.41) is 7.03. The molecule has 10 aromatic rings. The third-order valence-electron chi connectivity index (χ3n) is 11.6. The van der Waals surface area contributed by atoms with Crippen molar-refractivity contribution in [2.75, 3.05) is 0 Å². The largest absolute Gasteiger partial charge is 0.262 e. The lowest BCUT2D eigenvalue weighted by molar-refractivity contribution is 1.20. The first-order valence-electron chi connectivity index (χ1n) is 20.3. The maximum Gasteiger partial charge on any atom is 0.0378 e. The van der Waals surface area contributed by atoms with Gasteiger partial charge in [0.25, 0.3) is 0 Å². The molecule has 4 aromatic carbocycles. The van der Waals surface area contributed by atoms with Gasteiger partial charge in [0.2, 0.25) is 0 Å². The van der Waals surface area contributed by atoms with Crippen molar-refractivity contribution in [3.63, 3.8) is 0 Å². The predicted octanol–water partition coefficient (Wildman–Crippen LogP) is 13.4. The quantitative estimate of drug-likeness (QED) is 0.157. The topological polar surface area (TPSA) is 77.3 Å². The van der Waals surface area contributed by atoms with Crippen molar-refractivity contribution in [2.45, 2.75) is 41.5 Å². The van der Waals surface area contributed by atoms with Gasteiger partial charge in [0, 0.05) is 71.3 Å². The van der Waals surface area contributed by atoms with Crippen LogP contribution in [-0.2, 0) is 0 Å². The summed E-state index contributed by atoms with van der Waals surface area (Å²) in [6.07, 6.45) is 11.5. The van der Waals surface area contributed by atoms with Crippen LogP contribution in [0.5, 0.6) is 0 Å². The van der Waals surface area contributed by atoms with Gasteiger partial charge in [-0.25, -0.2) is 0 Å². The molecular formula is C54H42N6. The van der Waals surface area contributed by atoms with Crippen LogP contribution in [0.2, 0.25) is 0 Å². The van der Waals surface area contributed by atoms with Gasteiger partial charge in [0.15, 0.2) is 0 Å². The number of aryl methyl sites for hydroxylation is 6. The first-order chi connectivity index (χ1) is 29.2. The molecule has 6 heteroatoms. The number of nitrogens with zero attached hydrogens (tertiary/aromatic N) is 6. The number of rotatable bonds is 6. The van der Waals surface area contributed by atoms with Gasteiger partial charge < -0.3 is 0 Å². The predicted molar refractivity (Wildman–Crippen MR) is 247 cm³/mol. The number of benzene rings is 4. The minimum absolute atomic E-state index is 0.969. The Hall–Kier alpha value is -7.44. The molecule has 10 rings (SSSR count). The van der Waals surface area contributed by atoms with Gasteiger partial charge in [-0.15, -0.1) is 0 Å². The van der Waals surface area contributed by atoms with Crippen molar-refractivity contribution >= 4 is 32.3 Å². The second-order valence-corrected chi connectivity index (χ2v) is 15.9. The lowest BCUT2D eigenvalue weighted by Crippen LogP contribution is -1.95. The molecule has 0 fully saturated rings. The minimum Gasteiger partial charge on any atom is -0.262 e. The monoisotopic (exact) mass is 774 g/mol. The van der Waals surface area contributed by atoms with Crippen molar-refractivity contribution in [1.82, 2.24) is 29.9 Å². The van der Waals surface area contributed by atoms with Crippen LogP contribution in [0.25, 0.3) is 99.1 Å². The fourth-order valence-corrected chi connectivity index (χ4v) is 8.85. The van der Waals surface area contributed by atoms with Crippen LogP contribution in [0.4, 0.5) is 0 Å². The molecule has 6 heterocycles. The summed E-state index contributed by atoms with van der Waals surface area (Å²) in [6, 6.07) is 40.3. The summed E-state index contributed by atoms with van der Waals surface area (Å²) < 4.78 is 0. The molecule has 0 atom stereocenters. The van der Waals surface area contributed by atoms with E-state index in [2.05, 4.69) is 181 Å². The fraction of sp³-hybridized carbons (Fsp3) is 0.111. The molecular weight excluding hydrogens is 733 g/mol. The highest BCUT2D eigenvalue weighted by Crippen LogP contribution is 2.48. The highest BCUT2D eigenvalue weighted by molar-refractivity contribution is 6.29. The number of pyridine rings is 6. The van der Waals surface area contributed by atoms with E-state index in [1.165, 1.54) is 32.3 Å². The van der Waals surface area contributed by atoms with E-state index in [0.29, 0.717) is 0 Å². The second-order valence-electron chi connectivity index (χ2n) is 15.9. The van der Waals surface area contributed by atoms with Gasteiger partial charge in [-0.2, -0.15) is 0 Å². The molecule has 0 unspecified atom stereocenters. The first-order valence-corrected chi connectivity index (χ1v) is 20.3. The molecule has 6 aromatic heterocycles. The molecule has 0 N–H and O–H groups in total. The van der Waals surface area contributed by atoms with Crippen LogP contribution >= 0.6 is 0 Å². The molecule has 288 valence electrons. The van der Waals surface area contributed by atoms with Gasteiger partial charge in [-0.05, 0) is 250 Å². The Morgan fingerprint density at radius 2 is 0.367 bits per heavy atom. The smallest absolute Gasteiger partial charge is 0.0378 e. The Bertz CT molecular complexity index is 2740. The Morgan fingerprint density at radius 3 is 0.500 bits per heavy atom. The van der Waals surface area contributed by atoms with Crippen LogP contribution in [0.1, 0.15) is 34.2 Å². The van der Waals surface area contributed by atoms with Gasteiger partial charge in [0.05, 0.1) is 0 Å². The molecule has 0 radical (unpaired) electrons. The Labute approximate surface area is 349 Å². The molecule has 0 aliphatic heterocycles. The van der Waals surface area contributed by atoms with E-state index in [9.17, 15) is 0 Å². The molecule has 0 aliphatic carbocycles. The van der Waals surface area contributed by atoms with Crippen molar-refractivity contribution in [3.05, 3.63) is 181 Å². The summed E-state index contributed by atoms with van der Waals surface area (Å²) in [5.74, 6) is 0. The molecule has 6 nitrogen and oxygen atoms in total. The van der Waals surface area contributed by atoms with E-state index in [4.69, 9.17) is 0 Å². The third-order valence-corrected chi connectivity index (χ3v) is 11.6. The Balaban J connectivity index is 1.44. The molecule has 0 aliphatic rings. The van der Waals surface area contributed by atoms with E-state index >= 15 is 0 Å². The standard InChI is InChI=1S/C54H42N6/c1-31-19-37(7-13-55-31)43-25-49-50(26-44(43)38-8-14-56-32(2)20-38)52-28-46(40-10-16-58-34(4)22-40)48(42-12-18-60-36(6)24-42)30-54(52)53-29-47(41-11-17-59-35(5)23-41)45(27-51(49)53)39-9-15-57-33(3)21-39/h7-30H,1-6H3. The highest BCUT2D eigenvalue weighted by Gasteiger charge is 2.21. The highest BCUT2D eigenvalue weighted by atomic mass is 14.7. The Kier molecular flexibility index (Phi) is 9.06. The summed E-state index contributed by atoms with van der Waals surface area (Å²) in [6.45, 7) is 12.3. The zero-order valence-corrected chi connectivity index (χ0v) is 34.5. The SMILES string of the molecule is Cc1cc(-c2cc3c4cc(-c5ccnc(C)c5)c(-c5ccnc(C)c5)cc4c4cc(-c5ccnc(C)c5)c(-c5ccnc(C)c5)cc4c3cc2-c2ccnc(C)c2)ccn1. The Morgan fingerprint density at radius 1 is 0.217 bits per heavy atom. The number of hydrogen-bond acceptors (Lipinski definition) is 6. The van der Waals surface area contributed by atoms with Gasteiger partial charge in [-0.1, -0.05) is 0 Å². The molecule has 0 saturated carbocycles. The average Bonchev–Trinajstić information content (AvgIpc) is 3.25. The molecule has 0 spiro atoms. The van der Waals surface area contributed by atoms with Crippen molar-refractivity contribution in [1.29, 1.82) is 0 Å². The zero-order chi connectivity index (χ0) is 41.1. The number of fused-ring (bicyclic) bond motifs is 6. The maximum absolute atomic E-state index is 4.59. The van der Waals surface area contributed by atoms with E-state index in [0.717, 1.165) is 101 Å².